The molecule has 0 radical (unpaired) electrons. The van der Waals surface area contributed by atoms with Crippen LogP contribution in [0.15, 0.2) is 156 Å². The molecule has 10 rings (SSSR count). The molecule has 0 saturated heterocycles. The topological polar surface area (TPSA) is 16.4 Å². The second-order valence-corrected chi connectivity index (χ2v) is 12.8. The highest BCUT2D eigenvalue weighted by atomic mass is 32.1. The Hall–Kier alpha value is -5.64. The van der Waals surface area contributed by atoms with Gasteiger partial charge in [-0.25, -0.2) is 0 Å². The van der Waals surface area contributed by atoms with Gasteiger partial charge < -0.3 is 9.32 Å². The van der Waals surface area contributed by atoms with Crippen molar-refractivity contribution in [1.82, 2.24) is 0 Å². The van der Waals surface area contributed by atoms with Gasteiger partial charge in [0.05, 0.1) is 11.1 Å². The van der Waals surface area contributed by atoms with Gasteiger partial charge in [-0.15, -0.1) is 11.3 Å². The van der Waals surface area contributed by atoms with Crippen molar-refractivity contribution >= 4 is 103 Å². The number of hydrogen-bond acceptors (Lipinski definition) is 3. The molecular weight excluding hydrogens is 567 g/mol. The molecular formula is C42H25NOS. The number of benzene rings is 8. The first kappa shape index (κ1) is 24.8. The van der Waals surface area contributed by atoms with Crippen molar-refractivity contribution < 1.29 is 4.42 Å². The highest BCUT2D eigenvalue weighted by molar-refractivity contribution is 7.26. The van der Waals surface area contributed by atoms with Gasteiger partial charge in [-0.05, 0) is 86.9 Å². The van der Waals surface area contributed by atoms with Crippen LogP contribution < -0.4 is 4.90 Å². The van der Waals surface area contributed by atoms with Gasteiger partial charge in [0, 0.05) is 36.9 Å². The van der Waals surface area contributed by atoms with Crippen LogP contribution in [0.1, 0.15) is 0 Å². The van der Waals surface area contributed by atoms with Crippen LogP contribution in [0.25, 0.3) is 74.4 Å². The molecule has 0 aliphatic carbocycles. The van der Waals surface area contributed by atoms with E-state index in [1.165, 1.54) is 52.5 Å². The van der Waals surface area contributed by atoms with Crippen LogP contribution in [0.5, 0.6) is 0 Å². The van der Waals surface area contributed by atoms with Crippen molar-refractivity contribution in [1.29, 1.82) is 0 Å². The molecule has 0 fully saturated rings. The Kier molecular flexibility index (Phi) is 5.19. The lowest BCUT2D eigenvalue weighted by Crippen LogP contribution is -2.10. The minimum absolute atomic E-state index is 0.889. The number of para-hydroxylation sites is 2. The van der Waals surface area contributed by atoms with E-state index >= 15 is 0 Å². The van der Waals surface area contributed by atoms with Gasteiger partial charge in [-0.2, -0.15) is 0 Å². The fourth-order valence-electron chi connectivity index (χ4n) is 7.27. The van der Waals surface area contributed by atoms with Crippen LogP contribution in [0.4, 0.5) is 17.1 Å². The van der Waals surface area contributed by atoms with Crippen LogP contribution in [0.2, 0.25) is 0 Å². The SMILES string of the molecule is c1ccc(N(c2ccc3c(ccc4ccc5c(ccc6sc7ccccc7c65)c43)c2)c2cccc3oc4ccccc4c23)cc1. The van der Waals surface area contributed by atoms with Crippen molar-refractivity contribution in [3.8, 4) is 0 Å². The van der Waals surface area contributed by atoms with E-state index < -0.39 is 0 Å². The van der Waals surface area contributed by atoms with E-state index in [2.05, 4.69) is 144 Å². The van der Waals surface area contributed by atoms with Gasteiger partial charge in [-0.1, -0.05) is 97.1 Å². The van der Waals surface area contributed by atoms with E-state index in [0.29, 0.717) is 0 Å². The van der Waals surface area contributed by atoms with E-state index in [9.17, 15) is 0 Å². The van der Waals surface area contributed by atoms with Gasteiger partial charge in [0.25, 0.3) is 0 Å². The summed E-state index contributed by atoms with van der Waals surface area (Å²) in [6.45, 7) is 0. The lowest BCUT2D eigenvalue weighted by Gasteiger charge is -2.26. The lowest BCUT2D eigenvalue weighted by atomic mass is 9.94. The van der Waals surface area contributed by atoms with E-state index in [1.807, 2.05) is 23.5 Å². The first-order chi connectivity index (χ1) is 22.3. The van der Waals surface area contributed by atoms with Crippen LogP contribution in [-0.2, 0) is 0 Å². The molecule has 0 amide bonds. The fraction of sp³-hybridized carbons (Fsp3) is 0. The van der Waals surface area contributed by atoms with Crippen LogP contribution >= 0.6 is 11.3 Å². The maximum absolute atomic E-state index is 6.30. The first-order valence-electron chi connectivity index (χ1n) is 15.3. The summed E-state index contributed by atoms with van der Waals surface area (Å²) in [5.41, 5.74) is 5.10. The van der Waals surface area contributed by atoms with Gasteiger partial charge in [0.2, 0.25) is 0 Å². The molecule has 2 aromatic heterocycles. The molecule has 0 aliphatic rings. The Balaban J connectivity index is 1.24. The molecule has 2 nitrogen and oxygen atoms in total. The lowest BCUT2D eigenvalue weighted by molar-refractivity contribution is 0.669. The van der Waals surface area contributed by atoms with Crippen molar-refractivity contribution in [3.05, 3.63) is 152 Å². The summed E-state index contributed by atoms with van der Waals surface area (Å²) in [6, 6.07) is 54.8. The molecule has 8 aromatic carbocycles. The number of thiophene rings is 1. The van der Waals surface area contributed by atoms with Gasteiger partial charge >= 0.3 is 0 Å². The van der Waals surface area contributed by atoms with Crippen molar-refractivity contribution in [2.75, 3.05) is 4.90 Å². The van der Waals surface area contributed by atoms with Crippen LogP contribution in [0.3, 0.4) is 0 Å². The Morgan fingerprint density at radius 3 is 2.04 bits per heavy atom. The first-order valence-corrected chi connectivity index (χ1v) is 16.1. The van der Waals surface area contributed by atoms with E-state index in [-0.39, 0.29) is 0 Å². The number of fused-ring (bicyclic) bond motifs is 12. The molecule has 3 heteroatoms. The highest BCUT2D eigenvalue weighted by Crippen LogP contribution is 2.45. The van der Waals surface area contributed by atoms with Gasteiger partial charge in [0.15, 0.2) is 0 Å². The summed E-state index contributed by atoms with van der Waals surface area (Å²) in [5, 5.41) is 12.6. The Morgan fingerprint density at radius 2 is 1.11 bits per heavy atom. The summed E-state index contributed by atoms with van der Waals surface area (Å²) >= 11 is 1.88. The van der Waals surface area contributed by atoms with Crippen LogP contribution in [0, 0.1) is 0 Å². The number of furan rings is 1. The zero-order valence-corrected chi connectivity index (χ0v) is 25.0. The standard InChI is InChI=1S/C42H25NOS/c1-2-9-28(10-3-1)43(35-13-8-15-37-42(35)33-11-4-6-14-36(33)44-37)29-20-22-30-27(25-29)18-17-26-19-21-32-31(40(26)30)23-24-39-41(32)34-12-5-7-16-38(34)45-39/h1-25H. The Bertz CT molecular complexity index is 2770. The molecule has 2 heterocycles. The maximum atomic E-state index is 6.30. The number of rotatable bonds is 3. The zero-order chi connectivity index (χ0) is 29.5. The van der Waals surface area contributed by atoms with E-state index in [1.54, 1.807) is 0 Å². The van der Waals surface area contributed by atoms with E-state index in [0.717, 1.165) is 39.0 Å². The second kappa shape index (κ2) is 9.43. The minimum atomic E-state index is 0.889. The smallest absolute Gasteiger partial charge is 0.137 e. The summed E-state index contributed by atoms with van der Waals surface area (Å²) in [5.74, 6) is 0. The fourth-order valence-corrected chi connectivity index (χ4v) is 8.39. The summed E-state index contributed by atoms with van der Waals surface area (Å²) in [7, 11) is 0. The largest absolute Gasteiger partial charge is 0.456 e. The molecule has 0 saturated carbocycles. The van der Waals surface area contributed by atoms with Crippen LogP contribution in [-0.4, -0.2) is 0 Å². The molecule has 210 valence electrons. The monoisotopic (exact) mass is 591 g/mol. The number of nitrogens with zero attached hydrogens (tertiary/aromatic N) is 1. The zero-order valence-electron chi connectivity index (χ0n) is 24.2. The molecule has 0 unspecified atom stereocenters. The number of anilines is 3. The van der Waals surface area contributed by atoms with Crippen molar-refractivity contribution in [3.63, 3.8) is 0 Å². The molecule has 0 bridgehead atoms. The Labute approximate surface area is 263 Å². The van der Waals surface area contributed by atoms with Crippen molar-refractivity contribution in [2.45, 2.75) is 0 Å². The third kappa shape index (κ3) is 3.62. The second-order valence-electron chi connectivity index (χ2n) is 11.7. The van der Waals surface area contributed by atoms with Gasteiger partial charge in [0.1, 0.15) is 11.2 Å². The third-order valence-electron chi connectivity index (χ3n) is 9.21. The average molecular weight is 592 g/mol. The molecule has 0 spiro atoms. The quantitative estimate of drug-likeness (QED) is 0.190. The third-order valence-corrected chi connectivity index (χ3v) is 10.3. The molecule has 10 aromatic rings. The molecule has 0 atom stereocenters. The normalized spacial score (nSPS) is 12.0. The molecule has 0 N–H and O–H groups in total. The molecule has 45 heavy (non-hydrogen) atoms. The Morgan fingerprint density at radius 1 is 0.400 bits per heavy atom. The van der Waals surface area contributed by atoms with Crippen molar-refractivity contribution in [2.24, 2.45) is 0 Å². The number of hydrogen-bond donors (Lipinski definition) is 0. The van der Waals surface area contributed by atoms with Gasteiger partial charge in [-0.3, -0.25) is 0 Å². The minimum Gasteiger partial charge on any atom is -0.456 e. The summed E-state index contributed by atoms with van der Waals surface area (Å²) in [4.78, 5) is 2.36. The predicted molar refractivity (Wildman–Crippen MR) is 194 cm³/mol. The summed E-state index contributed by atoms with van der Waals surface area (Å²) in [6.07, 6.45) is 0. The summed E-state index contributed by atoms with van der Waals surface area (Å²) < 4.78 is 8.97. The maximum Gasteiger partial charge on any atom is 0.137 e. The van der Waals surface area contributed by atoms with E-state index in [4.69, 9.17) is 4.42 Å². The molecule has 0 aliphatic heterocycles. The average Bonchev–Trinajstić information content (AvgIpc) is 3.67. The predicted octanol–water partition coefficient (Wildman–Crippen LogP) is 12.9. The highest BCUT2D eigenvalue weighted by Gasteiger charge is 2.20.